The van der Waals surface area contributed by atoms with Crippen molar-refractivity contribution in [1.29, 1.82) is 5.26 Å². The monoisotopic (exact) mass is 291 g/mol. The molecule has 20 heavy (non-hydrogen) atoms. The Labute approximate surface area is 115 Å². The fourth-order valence-electron chi connectivity index (χ4n) is 1.61. The Morgan fingerprint density at radius 3 is 2.60 bits per heavy atom. The molecule has 2 aromatic carbocycles. The van der Waals surface area contributed by atoms with E-state index in [1.165, 1.54) is 24.3 Å². The highest BCUT2D eigenvalue weighted by molar-refractivity contribution is 7.92. The third-order valence-electron chi connectivity index (χ3n) is 2.56. The standard InChI is InChI=1S/C13H10FN3O2S/c14-10-5-6-11(16)12(7-10)17-20(18,19)13-4-2-1-3-9(13)8-15/h1-7,17H,16H2. The molecule has 5 nitrogen and oxygen atoms in total. The van der Waals surface area contributed by atoms with Crippen molar-refractivity contribution in [1.82, 2.24) is 0 Å². The molecule has 0 aromatic heterocycles. The molecule has 0 saturated carbocycles. The summed E-state index contributed by atoms with van der Waals surface area (Å²) in [6, 6.07) is 10.8. The maximum absolute atomic E-state index is 13.1. The molecule has 0 atom stereocenters. The Hall–Kier alpha value is -2.59. The Kier molecular flexibility index (Phi) is 3.59. The fraction of sp³-hybridized carbons (Fsp3) is 0. The smallest absolute Gasteiger partial charge is 0.263 e. The number of nitrogens with one attached hydrogen (secondary N) is 1. The number of halogens is 1. The molecule has 0 aliphatic heterocycles. The van der Waals surface area contributed by atoms with Gasteiger partial charge in [-0.3, -0.25) is 4.72 Å². The molecule has 0 heterocycles. The second-order valence-corrected chi connectivity index (χ2v) is 5.60. The molecule has 0 bridgehead atoms. The molecule has 0 fully saturated rings. The quantitative estimate of drug-likeness (QED) is 0.846. The van der Waals surface area contributed by atoms with E-state index in [1.54, 1.807) is 12.1 Å². The maximum Gasteiger partial charge on any atom is 0.263 e. The van der Waals surface area contributed by atoms with E-state index in [0.29, 0.717) is 0 Å². The topological polar surface area (TPSA) is 96.0 Å². The van der Waals surface area contributed by atoms with Crippen molar-refractivity contribution in [2.45, 2.75) is 4.90 Å². The molecular formula is C13H10FN3O2S. The van der Waals surface area contributed by atoms with Gasteiger partial charge in [0.1, 0.15) is 16.8 Å². The van der Waals surface area contributed by atoms with E-state index in [2.05, 4.69) is 4.72 Å². The van der Waals surface area contributed by atoms with Gasteiger partial charge in [-0.2, -0.15) is 5.26 Å². The number of nitriles is 1. The summed E-state index contributed by atoms with van der Waals surface area (Å²) in [5.41, 5.74) is 5.60. The molecule has 0 saturated heterocycles. The van der Waals surface area contributed by atoms with Gasteiger partial charge in [0, 0.05) is 6.07 Å². The van der Waals surface area contributed by atoms with Gasteiger partial charge in [-0.15, -0.1) is 0 Å². The fourth-order valence-corrected chi connectivity index (χ4v) is 2.85. The average Bonchev–Trinajstić information content (AvgIpc) is 2.42. The third-order valence-corrected chi connectivity index (χ3v) is 3.98. The summed E-state index contributed by atoms with van der Waals surface area (Å²) in [5.74, 6) is -0.620. The number of nitrogens with zero attached hydrogens (tertiary/aromatic N) is 1. The van der Waals surface area contributed by atoms with Gasteiger partial charge in [-0.05, 0) is 24.3 Å². The van der Waals surface area contributed by atoms with Crippen molar-refractivity contribution in [3.8, 4) is 6.07 Å². The van der Waals surface area contributed by atoms with Crippen LogP contribution in [0.2, 0.25) is 0 Å². The zero-order chi connectivity index (χ0) is 14.8. The normalized spacial score (nSPS) is 10.8. The van der Waals surface area contributed by atoms with Crippen LogP contribution in [-0.4, -0.2) is 8.42 Å². The minimum absolute atomic E-state index is 0.00465. The first kappa shape index (κ1) is 13.8. The van der Waals surface area contributed by atoms with Crippen molar-refractivity contribution in [3.63, 3.8) is 0 Å². The third kappa shape index (κ3) is 2.70. The summed E-state index contributed by atoms with van der Waals surface area (Å²) in [4.78, 5) is -0.189. The van der Waals surface area contributed by atoms with Gasteiger partial charge in [0.2, 0.25) is 0 Å². The summed E-state index contributed by atoms with van der Waals surface area (Å²) in [7, 11) is -4.01. The molecule has 0 spiro atoms. The minimum Gasteiger partial charge on any atom is -0.397 e. The molecular weight excluding hydrogens is 281 g/mol. The Morgan fingerprint density at radius 1 is 1.20 bits per heavy atom. The van der Waals surface area contributed by atoms with Gasteiger partial charge in [-0.25, -0.2) is 12.8 Å². The second-order valence-electron chi connectivity index (χ2n) is 3.95. The van der Waals surface area contributed by atoms with Crippen LogP contribution in [-0.2, 0) is 10.0 Å². The van der Waals surface area contributed by atoms with Crippen LogP contribution < -0.4 is 10.5 Å². The van der Waals surface area contributed by atoms with E-state index in [-0.39, 0.29) is 21.8 Å². The van der Waals surface area contributed by atoms with E-state index in [4.69, 9.17) is 11.0 Å². The molecule has 0 amide bonds. The summed E-state index contributed by atoms with van der Waals surface area (Å²) < 4.78 is 39.7. The van der Waals surface area contributed by atoms with E-state index in [0.717, 1.165) is 12.1 Å². The van der Waals surface area contributed by atoms with Gasteiger partial charge in [0.05, 0.1) is 16.9 Å². The largest absolute Gasteiger partial charge is 0.397 e. The van der Waals surface area contributed by atoms with Crippen LogP contribution in [0.1, 0.15) is 5.56 Å². The van der Waals surface area contributed by atoms with Crippen LogP contribution in [0.15, 0.2) is 47.4 Å². The van der Waals surface area contributed by atoms with Crippen LogP contribution in [0.5, 0.6) is 0 Å². The molecule has 102 valence electrons. The highest BCUT2D eigenvalue weighted by atomic mass is 32.2. The zero-order valence-corrected chi connectivity index (χ0v) is 11.0. The van der Waals surface area contributed by atoms with Crippen molar-refractivity contribution < 1.29 is 12.8 Å². The summed E-state index contributed by atoms with van der Waals surface area (Å²) in [6.45, 7) is 0. The SMILES string of the molecule is N#Cc1ccccc1S(=O)(=O)Nc1cc(F)ccc1N. The Bertz CT molecular complexity index is 798. The predicted octanol–water partition coefficient (Wildman–Crippen LogP) is 2.08. The molecule has 2 aromatic rings. The first-order chi connectivity index (χ1) is 9.44. The van der Waals surface area contributed by atoms with Gasteiger partial charge in [0.25, 0.3) is 10.0 Å². The lowest BCUT2D eigenvalue weighted by Gasteiger charge is -2.11. The van der Waals surface area contributed by atoms with Gasteiger partial charge >= 0.3 is 0 Å². The Balaban J connectivity index is 2.47. The molecule has 0 aliphatic carbocycles. The second kappa shape index (κ2) is 5.19. The number of hydrogen-bond donors (Lipinski definition) is 2. The van der Waals surface area contributed by atoms with Gasteiger partial charge in [-0.1, -0.05) is 12.1 Å². The number of hydrogen-bond acceptors (Lipinski definition) is 4. The highest BCUT2D eigenvalue weighted by Gasteiger charge is 2.19. The number of nitrogens with two attached hydrogens (primary N) is 1. The summed E-state index contributed by atoms with van der Waals surface area (Å²) in [6.07, 6.45) is 0. The van der Waals surface area contributed by atoms with E-state index < -0.39 is 15.8 Å². The molecule has 0 unspecified atom stereocenters. The molecule has 7 heteroatoms. The number of sulfonamides is 1. The number of rotatable bonds is 3. The number of anilines is 2. The van der Waals surface area contributed by atoms with Crippen LogP contribution >= 0.6 is 0 Å². The lowest BCUT2D eigenvalue weighted by atomic mass is 10.2. The predicted molar refractivity (Wildman–Crippen MR) is 72.8 cm³/mol. The molecule has 2 rings (SSSR count). The van der Waals surface area contributed by atoms with Crippen LogP contribution in [0.4, 0.5) is 15.8 Å². The van der Waals surface area contributed by atoms with Crippen LogP contribution in [0.3, 0.4) is 0 Å². The van der Waals surface area contributed by atoms with E-state index >= 15 is 0 Å². The Morgan fingerprint density at radius 2 is 1.90 bits per heavy atom. The lowest BCUT2D eigenvalue weighted by Crippen LogP contribution is -2.15. The van der Waals surface area contributed by atoms with Gasteiger partial charge in [0.15, 0.2) is 0 Å². The van der Waals surface area contributed by atoms with Crippen molar-refractivity contribution in [3.05, 3.63) is 53.8 Å². The zero-order valence-electron chi connectivity index (χ0n) is 10.2. The molecule has 0 aliphatic rings. The highest BCUT2D eigenvalue weighted by Crippen LogP contribution is 2.24. The van der Waals surface area contributed by atoms with Crippen LogP contribution in [0, 0.1) is 17.1 Å². The first-order valence-electron chi connectivity index (χ1n) is 5.51. The minimum atomic E-state index is -4.01. The van der Waals surface area contributed by atoms with Crippen LogP contribution in [0.25, 0.3) is 0 Å². The van der Waals surface area contributed by atoms with Gasteiger partial charge < -0.3 is 5.73 Å². The lowest BCUT2D eigenvalue weighted by molar-refractivity contribution is 0.601. The number of benzene rings is 2. The summed E-state index contributed by atoms with van der Waals surface area (Å²) >= 11 is 0. The van der Waals surface area contributed by atoms with E-state index in [9.17, 15) is 12.8 Å². The number of nitrogen functional groups attached to an aromatic ring is 1. The molecule has 0 radical (unpaired) electrons. The summed E-state index contributed by atoms with van der Waals surface area (Å²) in [5, 5.41) is 8.92. The van der Waals surface area contributed by atoms with Crippen molar-refractivity contribution in [2.24, 2.45) is 0 Å². The molecule has 3 N–H and O–H groups in total. The van der Waals surface area contributed by atoms with Crippen molar-refractivity contribution in [2.75, 3.05) is 10.5 Å². The van der Waals surface area contributed by atoms with Crippen molar-refractivity contribution >= 4 is 21.4 Å². The first-order valence-corrected chi connectivity index (χ1v) is 6.99. The van der Waals surface area contributed by atoms with E-state index in [1.807, 2.05) is 0 Å². The maximum atomic E-state index is 13.1. The average molecular weight is 291 g/mol.